The van der Waals surface area contributed by atoms with E-state index in [2.05, 4.69) is 30.6 Å². The quantitative estimate of drug-likeness (QED) is 0.272. The Hall–Kier alpha value is -4.28. The number of anilines is 4. The average Bonchev–Trinajstić information content (AvgIpc) is 3.26. The number of rotatable bonds is 6. The monoisotopic (exact) mass is 485 g/mol. The van der Waals surface area contributed by atoms with Crippen molar-refractivity contribution in [1.82, 2.24) is 19.9 Å². The number of sulfonamides is 1. The lowest BCUT2D eigenvalue weighted by Crippen LogP contribution is -2.14. The Kier molecular flexibility index (Phi) is 5.67. The third-order valence-electron chi connectivity index (χ3n) is 5.53. The van der Waals surface area contributed by atoms with Crippen molar-refractivity contribution in [2.75, 3.05) is 10.6 Å². The van der Waals surface area contributed by atoms with Gasteiger partial charge in [-0.05, 0) is 67.9 Å². The zero-order chi connectivity index (χ0) is 24.6. The van der Waals surface area contributed by atoms with E-state index >= 15 is 0 Å². The van der Waals surface area contributed by atoms with E-state index in [1.54, 1.807) is 25.3 Å². The first kappa shape index (κ1) is 22.5. The number of fused-ring (bicyclic) bond motifs is 1. The van der Waals surface area contributed by atoms with Crippen molar-refractivity contribution in [3.63, 3.8) is 0 Å². The average molecular weight is 486 g/mol. The largest absolute Gasteiger partial charge is 0.340 e. The van der Waals surface area contributed by atoms with E-state index in [0.29, 0.717) is 23.0 Å². The Bertz CT molecular complexity index is 1610. The Balaban J connectivity index is 1.36. The maximum absolute atomic E-state index is 11.8. The van der Waals surface area contributed by atoms with Crippen molar-refractivity contribution in [3.8, 4) is 11.4 Å². The summed E-state index contributed by atoms with van der Waals surface area (Å²) in [6.07, 6.45) is 1.69. The van der Waals surface area contributed by atoms with Crippen LogP contribution in [-0.2, 0) is 10.0 Å². The standard InChI is InChI=1S/C25H23N7O2S/c1-15-7-10-19(13-22(15)35(26,33)34)29-25-27-14-16(2)23(32-25)28-18-11-8-17(9-12-18)24-30-20-5-3-4-6-21(20)31-24/h3-14H,1-2H3,(H,30,31)(H2,26,33,34)(H2,27,28,29,32). The minimum atomic E-state index is -3.84. The van der Waals surface area contributed by atoms with Crippen molar-refractivity contribution in [2.24, 2.45) is 5.14 Å². The number of primary sulfonamides is 1. The van der Waals surface area contributed by atoms with Gasteiger partial charge in [0.05, 0.1) is 15.9 Å². The molecule has 176 valence electrons. The Morgan fingerprint density at radius 3 is 2.34 bits per heavy atom. The Labute approximate surface area is 202 Å². The van der Waals surface area contributed by atoms with Gasteiger partial charge in [-0.25, -0.2) is 23.5 Å². The van der Waals surface area contributed by atoms with Gasteiger partial charge in [-0.2, -0.15) is 4.98 Å². The maximum Gasteiger partial charge on any atom is 0.238 e. The van der Waals surface area contributed by atoms with Gasteiger partial charge in [-0.15, -0.1) is 0 Å². The molecule has 0 amide bonds. The number of hydrogen-bond donors (Lipinski definition) is 4. The van der Waals surface area contributed by atoms with Crippen molar-refractivity contribution < 1.29 is 8.42 Å². The molecule has 5 N–H and O–H groups in total. The van der Waals surface area contributed by atoms with Gasteiger partial charge in [-0.1, -0.05) is 18.2 Å². The zero-order valence-corrected chi connectivity index (χ0v) is 19.9. The second-order valence-corrected chi connectivity index (χ2v) is 9.71. The van der Waals surface area contributed by atoms with E-state index in [9.17, 15) is 8.42 Å². The van der Waals surface area contributed by atoms with Gasteiger partial charge >= 0.3 is 0 Å². The Morgan fingerprint density at radius 2 is 1.60 bits per heavy atom. The van der Waals surface area contributed by atoms with Crippen LogP contribution in [0.4, 0.5) is 23.1 Å². The molecular formula is C25H23N7O2S. The number of nitrogens with two attached hydrogens (primary N) is 1. The molecule has 0 radical (unpaired) electrons. The molecule has 0 unspecified atom stereocenters. The number of para-hydroxylation sites is 2. The highest BCUT2D eigenvalue weighted by atomic mass is 32.2. The highest BCUT2D eigenvalue weighted by Gasteiger charge is 2.13. The summed E-state index contributed by atoms with van der Waals surface area (Å²) < 4.78 is 23.6. The molecule has 0 saturated carbocycles. The number of aromatic amines is 1. The number of nitrogens with one attached hydrogen (secondary N) is 3. The third kappa shape index (κ3) is 4.84. The van der Waals surface area contributed by atoms with Crippen LogP contribution >= 0.6 is 0 Å². The second kappa shape index (κ2) is 8.82. The lowest BCUT2D eigenvalue weighted by molar-refractivity contribution is 0.597. The van der Waals surface area contributed by atoms with Crippen LogP contribution in [0, 0.1) is 13.8 Å². The minimum Gasteiger partial charge on any atom is -0.340 e. The second-order valence-electron chi connectivity index (χ2n) is 8.18. The molecule has 0 bridgehead atoms. The molecule has 0 aliphatic carbocycles. The summed E-state index contributed by atoms with van der Waals surface area (Å²) in [5.74, 6) is 1.75. The van der Waals surface area contributed by atoms with Crippen molar-refractivity contribution in [2.45, 2.75) is 18.7 Å². The van der Waals surface area contributed by atoms with Gasteiger partial charge in [0.2, 0.25) is 16.0 Å². The zero-order valence-electron chi connectivity index (χ0n) is 19.1. The van der Waals surface area contributed by atoms with Gasteiger partial charge in [0, 0.05) is 28.7 Å². The normalized spacial score (nSPS) is 11.5. The molecular weight excluding hydrogens is 462 g/mol. The first-order chi connectivity index (χ1) is 16.8. The molecule has 0 fully saturated rings. The van der Waals surface area contributed by atoms with E-state index in [-0.39, 0.29) is 4.90 Å². The van der Waals surface area contributed by atoms with Gasteiger partial charge in [0.15, 0.2) is 0 Å². The van der Waals surface area contributed by atoms with Crippen LogP contribution in [-0.4, -0.2) is 28.4 Å². The van der Waals surface area contributed by atoms with E-state index in [4.69, 9.17) is 5.14 Å². The number of nitrogens with zero attached hydrogens (tertiary/aromatic N) is 3. The molecule has 5 aromatic rings. The fraction of sp³-hybridized carbons (Fsp3) is 0.0800. The molecule has 10 heteroatoms. The first-order valence-corrected chi connectivity index (χ1v) is 12.4. The maximum atomic E-state index is 11.8. The van der Waals surface area contributed by atoms with Crippen LogP contribution in [0.1, 0.15) is 11.1 Å². The molecule has 2 aromatic heterocycles. The minimum absolute atomic E-state index is 0.0532. The van der Waals surface area contributed by atoms with Gasteiger partial charge in [0.1, 0.15) is 11.6 Å². The highest BCUT2D eigenvalue weighted by molar-refractivity contribution is 7.89. The van der Waals surface area contributed by atoms with Crippen LogP contribution in [0.5, 0.6) is 0 Å². The molecule has 35 heavy (non-hydrogen) atoms. The number of hydrogen-bond acceptors (Lipinski definition) is 7. The number of aryl methyl sites for hydroxylation is 2. The summed E-state index contributed by atoms with van der Waals surface area (Å²) in [7, 11) is -3.84. The number of benzene rings is 3. The molecule has 0 atom stereocenters. The van der Waals surface area contributed by atoms with Crippen molar-refractivity contribution >= 4 is 44.2 Å². The molecule has 0 aliphatic heterocycles. The van der Waals surface area contributed by atoms with Crippen LogP contribution in [0.2, 0.25) is 0 Å². The fourth-order valence-electron chi connectivity index (χ4n) is 3.68. The molecule has 9 nitrogen and oxygen atoms in total. The molecule has 0 saturated heterocycles. The molecule has 5 rings (SSSR count). The third-order valence-corrected chi connectivity index (χ3v) is 6.59. The van der Waals surface area contributed by atoms with E-state index in [0.717, 1.165) is 33.7 Å². The van der Waals surface area contributed by atoms with E-state index in [1.165, 1.54) is 6.07 Å². The van der Waals surface area contributed by atoms with Crippen LogP contribution in [0.3, 0.4) is 0 Å². The van der Waals surface area contributed by atoms with Crippen LogP contribution in [0.25, 0.3) is 22.4 Å². The highest BCUT2D eigenvalue weighted by Crippen LogP contribution is 2.26. The smallest absolute Gasteiger partial charge is 0.238 e. The van der Waals surface area contributed by atoms with Crippen LogP contribution < -0.4 is 15.8 Å². The number of imidazole rings is 1. The van der Waals surface area contributed by atoms with Gasteiger partial charge in [-0.3, -0.25) is 0 Å². The van der Waals surface area contributed by atoms with E-state index in [1.807, 2.05) is 55.5 Å². The topological polar surface area (TPSA) is 139 Å². The fourth-order valence-corrected chi connectivity index (χ4v) is 4.49. The summed E-state index contributed by atoms with van der Waals surface area (Å²) >= 11 is 0. The number of aromatic nitrogens is 4. The Morgan fingerprint density at radius 1 is 0.857 bits per heavy atom. The summed E-state index contributed by atoms with van der Waals surface area (Å²) in [6.45, 7) is 3.59. The van der Waals surface area contributed by atoms with E-state index < -0.39 is 10.0 Å². The first-order valence-electron chi connectivity index (χ1n) is 10.8. The molecule has 3 aromatic carbocycles. The lowest BCUT2D eigenvalue weighted by atomic mass is 10.2. The summed E-state index contributed by atoms with van der Waals surface area (Å²) in [5, 5.41) is 11.7. The predicted octanol–water partition coefficient (Wildman–Crippen LogP) is 4.77. The lowest BCUT2D eigenvalue weighted by Gasteiger charge is -2.12. The number of H-pyrrole nitrogens is 1. The summed E-state index contributed by atoms with van der Waals surface area (Å²) in [6, 6.07) is 20.7. The summed E-state index contributed by atoms with van der Waals surface area (Å²) in [4.78, 5) is 16.9. The van der Waals surface area contributed by atoms with Crippen molar-refractivity contribution in [3.05, 3.63) is 84.1 Å². The molecule has 0 aliphatic rings. The van der Waals surface area contributed by atoms with Gasteiger partial charge < -0.3 is 15.6 Å². The summed E-state index contributed by atoms with van der Waals surface area (Å²) in [5.41, 5.74) is 5.67. The van der Waals surface area contributed by atoms with Gasteiger partial charge in [0.25, 0.3) is 0 Å². The predicted molar refractivity (Wildman–Crippen MR) is 137 cm³/mol. The SMILES string of the molecule is Cc1ccc(Nc2ncc(C)c(Nc3ccc(-c4nc5ccccc5[nH]4)cc3)n2)cc1S(N)(=O)=O. The van der Waals surface area contributed by atoms with Crippen LogP contribution in [0.15, 0.2) is 77.8 Å². The molecule has 2 heterocycles. The molecule has 0 spiro atoms. The van der Waals surface area contributed by atoms with Crippen molar-refractivity contribution in [1.29, 1.82) is 0 Å².